The van der Waals surface area contributed by atoms with Gasteiger partial charge in [-0.05, 0) is 30.9 Å². The summed E-state index contributed by atoms with van der Waals surface area (Å²) in [6.07, 6.45) is 1.99. The van der Waals surface area contributed by atoms with Gasteiger partial charge in [-0.15, -0.1) is 0 Å². The second-order valence-corrected chi connectivity index (χ2v) is 6.56. The van der Waals surface area contributed by atoms with Crippen molar-refractivity contribution in [2.24, 2.45) is 10.9 Å². The third-order valence-corrected chi connectivity index (χ3v) is 4.98. The van der Waals surface area contributed by atoms with E-state index in [0.717, 1.165) is 25.1 Å². The smallest absolute Gasteiger partial charge is 0.264 e. The molecule has 1 N–H and O–H groups in total. The Labute approximate surface area is 138 Å². The standard InChI is InChI=1S/C16H16ClN3O3/c1-20-12-6-9(17)5-10(15(12)23-7-13(20)21)16(22)19-14-8-2-3-18-11(14)4-8/h5-6,8,14H,2-4,7H2,1H3,(H,19,22)/t8?,14-/m0/s1. The van der Waals surface area contributed by atoms with Crippen molar-refractivity contribution in [1.82, 2.24) is 5.32 Å². The molecule has 120 valence electrons. The Hall–Kier alpha value is -2.08. The van der Waals surface area contributed by atoms with Crippen LogP contribution in [0.25, 0.3) is 0 Å². The predicted octanol–water partition coefficient (Wildman–Crippen LogP) is 1.66. The van der Waals surface area contributed by atoms with Crippen LogP contribution in [0.15, 0.2) is 17.1 Å². The van der Waals surface area contributed by atoms with Crippen molar-refractivity contribution in [3.8, 4) is 5.75 Å². The zero-order valence-electron chi connectivity index (χ0n) is 12.6. The molecule has 2 heterocycles. The lowest BCUT2D eigenvalue weighted by atomic mass is 9.73. The number of nitrogens with zero attached hydrogens (tertiary/aromatic N) is 2. The fraction of sp³-hybridized carbons (Fsp3) is 0.438. The first kappa shape index (κ1) is 14.5. The van der Waals surface area contributed by atoms with Crippen LogP contribution < -0.4 is 15.0 Å². The first-order valence-corrected chi connectivity index (χ1v) is 7.99. The molecule has 2 aliphatic heterocycles. The van der Waals surface area contributed by atoms with Gasteiger partial charge in [-0.25, -0.2) is 0 Å². The molecule has 6 nitrogen and oxygen atoms in total. The first-order valence-electron chi connectivity index (χ1n) is 7.61. The summed E-state index contributed by atoms with van der Waals surface area (Å²) in [5, 5.41) is 3.42. The Bertz CT molecular complexity index is 746. The molecule has 1 aliphatic carbocycles. The molecule has 1 saturated carbocycles. The summed E-state index contributed by atoms with van der Waals surface area (Å²) < 4.78 is 5.50. The second kappa shape index (κ2) is 5.23. The fourth-order valence-corrected chi connectivity index (χ4v) is 3.58. The van der Waals surface area contributed by atoms with E-state index in [9.17, 15) is 9.59 Å². The number of hydrogen-bond donors (Lipinski definition) is 1. The molecule has 1 unspecified atom stereocenters. The number of ether oxygens (including phenoxy) is 1. The lowest BCUT2D eigenvalue weighted by Gasteiger charge is -2.42. The van der Waals surface area contributed by atoms with Gasteiger partial charge in [0.15, 0.2) is 12.4 Å². The van der Waals surface area contributed by atoms with E-state index in [2.05, 4.69) is 10.3 Å². The van der Waals surface area contributed by atoms with Crippen LogP contribution in [-0.4, -0.2) is 43.8 Å². The largest absolute Gasteiger partial charge is 0.481 e. The Balaban J connectivity index is 1.65. The molecule has 2 atom stereocenters. The van der Waals surface area contributed by atoms with Gasteiger partial charge in [-0.3, -0.25) is 14.6 Å². The number of benzene rings is 1. The Morgan fingerprint density at radius 3 is 3.00 bits per heavy atom. The molecule has 1 aromatic rings. The van der Waals surface area contributed by atoms with Gasteiger partial charge in [0.05, 0.1) is 17.3 Å². The van der Waals surface area contributed by atoms with Crippen molar-refractivity contribution in [1.29, 1.82) is 0 Å². The summed E-state index contributed by atoms with van der Waals surface area (Å²) >= 11 is 6.12. The van der Waals surface area contributed by atoms with Crippen LogP contribution in [0.2, 0.25) is 5.02 Å². The average Bonchev–Trinajstić information content (AvgIpc) is 2.56. The molecular formula is C16H16ClN3O3. The quantitative estimate of drug-likeness (QED) is 0.894. The van der Waals surface area contributed by atoms with E-state index in [4.69, 9.17) is 16.3 Å². The molecule has 23 heavy (non-hydrogen) atoms. The number of nitrogens with one attached hydrogen (secondary N) is 1. The normalized spacial score (nSPS) is 25.0. The molecule has 0 radical (unpaired) electrons. The fourth-order valence-electron chi connectivity index (χ4n) is 3.36. The minimum absolute atomic E-state index is 0.0221. The van der Waals surface area contributed by atoms with Crippen LogP contribution in [0.1, 0.15) is 23.2 Å². The number of hydrogen-bond acceptors (Lipinski definition) is 4. The minimum atomic E-state index is -0.240. The van der Waals surface area contributed by atoms with Gasteiger partial charge in [0.1, 0.15) is 0 Å². The van der Waals surface area contributed by atoms with E-state index in [0.29, 0.717) is 27.9 Å². The highest BCUT2D eigenvalue weighted by Gasteiger charge is 2.41. The maximum Gasteiger partial charge on any atom is 0.264 e. The zero-order chi connectivity index (χ0) is 16.1. The molecule has 1 fully saturated rings. The van der Waals surface area contributed by atoms with E-state index in [1.165, 1.54) is 4.90 Å². The predicted molar refractivity (Wildman–Crippen MR) is 86.6 cm³/mol. The van der Waals surface area contributed by atoms with Crippen LogP contribution in [0.3, 0.4) is 0 Å². The van der Waals surface area contributed by atoms with Crippen molar-refractivity contribution in [2.75, 3.05) is 25.1 Å². The number of carbonyl (C=O) groups excluding carboxylic acids is 2. The maximum absolute atomic E-state index is 12.7. The van der Waals surface area contributed by atoms with Crippen LogP contribution in [0.5, 0.6) is 5.75 Å². The number of fused-ring (bicyclic) bond motifs is 3. The Kier molecular flexibility index (Phi) is 3.30. The summed E-state index contributed by atoms with van der Waals surface area (Å²) in [7, 11) is 1.65. The molecule has 1 aromatic carbocycles. The SMILES string of the molecule is CN1C(=O)COc2c(C(=O)N[C@@H]3C4=NCCC3C4)cc(Cl)cc21. The number of likely N-dealkylation sites (N-methyl/N-ethyl adjacent to an activating group) is 1. The molecule has 0 spiro atoms. The van der Waals surface area contributed by atoms with Gasteiger partial charge >= 0.3 is 0 Å². The Morgan fingerprint density at radius 2 is 2.30 bits per heavy atom. The van der Waals surface area contributed by atoms with E-state index < -0.39 is 0 Å². The van der Waals surface area contributed by atoms with Gasteiger partial charge in [0, 0.05) is 24.3 Å². The third kappa shape index (κ3) is 2.28. The number of anilines is 1. The molecular weight excluding hydrogens is 318 g/mol. The van der Waals surface area contributed by atoms with Gasteiger partial charge in [0.2, 0.25) is 0 Å². The number of carbonyl (C=O) groups is 2. The lowest BCUT2D eigenvalue weighted by molar-refractivity contribution is -0.121. The summed E-state index contributed by atoms with van der Waals surface area (Å²) in [4.78, 5) is 30.3. The molecule has 0 saturated heterocycles. The van der Waals surface area contributed by atoms with Crippen molar-refractivity contribution in [3.05, 3.63) is 22.7 Å². The summed E-state index contributed by atoms with van der Waals surface area (Å²) in [6.45, 7) is 0.777. The minimum Gasteiger partial charge on any atom is -0.481 e. The van der Waals surface area contributed by atoms with Crippen molar-refractivity contribution in [3.63, 3.8) is 0 Å². The molecule has 3 aliphatic rings. The van der Waals surface area contributed by atoms with Crippen molar-refractivity contribution < 1.29 is 14.3 Å². The summed E-state index contributed by atoms with van der Waals surface area (Å²) in [5.74, 6) is 0.469. The molecule has 2 bridgehead atoms. The molecule has 4 rings (SSSR count). The number of rotatable bonds is 2. The Morgan fingerprint density at radius 1 is 1.48 bits per heavy atom. The topological polar surface area (TPSA) is 71.0 Å². The average molecular weight is 334 g/mol. The van der Waals surface area contributed by atoms with E-state index in [-0.39, 0.29) is 24.5 Å². The summed E-state index contributed by atoms with van der Waals surface area (Å²) in [5.41, 5.74) is 1.95. The lowest BCUT2D eigenvalue weighted by Crippen LogP contribution is -2.56. The molecule has 2 amide bonds. The summed E-state index contributed by atoms with van der Waals surface area (Å²) in [6, 6.07) is 3.23. The van der Waals surface area contributed by atoms with Gasteiger partial charge < -0.3 is 15.0 Å². The third-order valence-electron chi connectivity index (χ3n) is 4.76. The van der Waals surface area contributed by atoms with Crippen molar-refractivity contribution >= 4 is 34.8 Å². The van der Waals surface area contributed by atoms with E-state index >= 15 is 0 Å². The highest BCUT2D eigenvalue weighted by molar-refractivity contribution is 6.31. The monoisotopic (exact) mass is 333 g/mol. The number of amides is 2. The number of aliphatic imine (C=N–C) groups is 1. The van der Waals surface area contributed by atoms with Crippen LogP contribution >= 0.6 is 11.6 Å². The van der Waals surface area contributed by atoms with Crippen molar-refractivity contribution in [2.45, 2.75) is 18.9 Å². The maximum atomic E-state index is 12.7. The van der Waals surface area contributed by atoms with Crippen LogP contribution in [0.4, 0.5) is 5.69 Å². The highest BCUT2D eigenvalue weighted by Crippen LogP contribution is 2.38. The van der Waals surface area contributed by atoms with Crippen LogP contribution in [-0.2, 0) is 4.79 Å². The van der Waals surface area contributed by atoms with Gasteiger partial charge in [-0.1, -0.05) is 11.6 Å². The molecule has 7 heteroatoms. The van der Waals surface area contributed by atoms with Gasteiger partial charge in [-0.2, -0.15) is 0 Å². The number of halogens is 1. The first-order chi connectivity index (χ1) is 11.0. The molecule has 0 aromatic heterocycles. The van der Waals surface area contributed by atoms with E-state index in [1.54, 1.807) is 19.2 Å². The van der Waals surface area contributed by atoms with Gasteiger partial charge in [0.25, 0.3) is 11.8 Å². The second-order valence-electron chi connectivity index (χ2n) is 6.12. The van der Waals surface area contributed by atoms with Crippen LogP contribution in [0, 0.1) is 5.92 Å². The zero-order valence-corrected chi connectivity index (χ0v) is 13.4. The van der Waals surface area contributed by atoms with E-state index in [1.807, 2.05) is 0 Å². The highest BCUT2D eigenvalue weighted by atomic mass is 35.5.